The van der Waals surface area contributed by atoms with Gasteiger partial charge in [0.05, 0.1) is 18.1 Å². The van der Waals surface area contributed by atoms with Crippen LogP contribution in [0.1, 0.15) is 38.8 Å². The maximum atomic E-state index is 10.8. The average molecular weight is 355 g/mol. The molecule has 0 saturated carbocycles. The molecule has 1 aromatic heterocycles. The quantitative estimate of drug-likeness (QED) is 0.864. The van der Waals surface area contributed by atoms with Crippen LogP contribution in [0, 0.1) is 6.92 Å². The maximum Gasteiger partial charge on any atom is 0.193 e. The summed E-state index contributed by atoms with van der Waals surface area (Å²) in [4.78, 5) is 1.97. The van der Waals surface area contributed by atoms with Crippen LogP contribution in [-0.2, 0) is 15.9 Å². The lowest BCUT2D eigenvalue weighted by Crippen LogP contribution is -2.06. The van der Waals surface area contributed by atoms with Crippen molar-refractivity contribution in [2.45, 2.75) is 25.7 Å². The van der Waals surface area contributed by atoms with E-state index in [2.05, 4.69) is 0 Å². The molecular formula is C17H19ClO4S. The molecule has 0 spiro atoms. The molecule has 1 saturated heterocycles. The first-order chi connectivity index (χ1) is 11.1. The Hall–Kier alpha value is -0.950. The predicted molar refractivity (Wildman–Crippen MR) is 90.0 cm³/mol. The summed E-state index contributed by atoms with van der Waals surface area (Å²) in [5, 5.41) is 20.6. The summed E-state index contributed by atoms with van der Waals surface area (Å²) in [7, 11) is 0. The first kappa shape index (κ1) is 16.9. The van der Waals surface area contributed by atoms with Crippen LogP contribution < -0.4 is 0 Å². The van der Waals surface area contributed by atoms with Gasteiger partial charge in [0.15, 0.2) is 6.29 Å². The average Bonchev–Trinajstić information content (AvgIpc) is 3.18. The molecule has 124 valence electrons. The van der Waals surface area contributed by atoms with Crippen molar-refractivity contribution in [3.05, 3.63) is 55.7 Å². The van der Waals surface area contributed by atoms with Crippen molar-refractivity contribution >= 4 is 22.9 Å². The van der Waals surface area contributed by atoms with Gasteiger partial charge in [-0.15, -0.1) is 11.3 Å². The van der Waals surface area contributed by atoms with E-state index in [1.54, 1.807) is 23.5 Å². The molecule has 0 radical (unpaired) electrons. The predicted octanol–water partition coefficient (Wildman–Crippen LogP) is 3.37. The van der Waals surface area contributed by atoms with E-state index in [0.29, 0.717) is 24.7 Å². The van der Waals surface area contributed by atoms with Gasteiger partial charge in [-0.3, -0.25) is 0 Å². The Kier molecular flexibility index (Phi) is 5.36. The lowest BCUT2D eigenvalue weighted by atomic mass is 9.95. The SMILES string of the molecule is Cc1sc(C2OCCO2)cc1[C@H](O)c1cc(Cl)ccc1CCO. The number of hydrogen-bond acceptors (Lipinski definition) is 5. The fraction of sp³-hybridized carbons (Fsp3) is 0.412. The van der Waals surface area contributed by atoms with E-state index in [4.69, 9.17) is 21.1 Å². The third-order valence-electron chi connectivity index (χ3n) is 3.91. The Labute approximate surface area is 144 Å². The second-order valence-corrected chi connectivity index (χ2v) is 7.18. The normalized spacial score (nSPS) is 16.9. The van der Waals surface area contributed by atoms with E-state index in [0.717, 1.165) is 26.4 Å². The van der Waals surface area contributed by atoms with E-state index < -0.39 is 6.10 Å². The van der Waals surface area contributed by atoms with Gasteiger partial charge in [-0.05, 0) is 48.2 Å². The maximum absolute atomic E-state index is 10.8. The van der Waals surface area contributed by atoms with Gasteiger partial charge < -0.3 is 19.7 Å². The molecule has 3 rings (SSSR count). The molecule has 0 aliphatic carbocycles. The molecule has 0 unspecified atom stereocenters. The Bertz CT molecular complexity index is 679. The van der Waals surface area contributed by atoms with Gasteiger partial charge in [-0.25, -0.2) is 0 Å². The summed E-state index contributed by atoms with van der Waals surface area (Å²) < 4.78 is 11.1. The molecule has 6 heteroatoms. The zero-order valence-electron chi connectivity index (χ0n) is 12.8. The molecule has 0 bridgehead atoms. The Morgan fingerprint density at radius 2 is 2.00 bits per heavy atom. The number of ether oxygens (including phenoxy) is 2. The van der Waals surface area contributed by atoms with Crippen molar-refractivity contribution < 1.29 is 19.7 Å². The number of thiophene rings is 1. The summed E-state index contributed by atoms with van der Waals surface area (Å²) in [6.45, 7) is 3.18. The van der Waals surface area contributed by atoms with Gasteiger partial charge in [0.25, 0.3) is 0 Å². The zero-order chi connectivity index (χ0) is 16.4. The monoisotopic (exact) mass is 354 g/mol. The topological polar surface area (TPSA) is 58.9 Å². The van der Waals surface area contributed by atoms with Crippen molar-refractivity contribution in [2.75, 3.05) is 19.8 Å². The lowest BCUT2D eigenvalue weighted by molar-refractivity contribution is -0.0414. The van der Waals surface area contributed by atoms with Crippen LogP contribution in [0.25, 0.3) is 0 Å². The second kappa shape index (κ2) is 7.30. The van der Waals surface area contributed by atoms with Gasteiger partial charge >= 0.3 is 0 Å². The van der Waals surface area contributed by atoms with E-state index in [1.165, 1.54) is 0 Å². The molecule has 1 aliphatic heterocycles. The Morgan fingerprint density at radius 1 is 1.26 bits per heavy atom. The van der Waals surface area contributed by atoms with Gasteiger partial charge in [-0.1, -0.05) is 17.7 Å². The van der Waals surface area contributed by atoms with Crippen LogP contribution >= 0.6 is 22.9 Å². The molecule has 2 N–H and O–H groups in total. The van der Waals surface area contributed by atoms with E-state index in [-0.39, 0.29) is 12.9 Å². The molecule has 4 nitrogen and oxygen atoms in total. The molecule has 1 aliphatic rings. The van der Waals surface area contributed by atoms with Crippen LogP contribution in [0.3, 0.4) is 0 Å². The van der Waals surface area contributed by atoms with Crippen molar-refractivity contribution in [3.63, 3.8) is 0 Å². The molecule has 1 aromatic carbocycles. The highest BCUT2D eigenvalue weighted by Crippen LogP contribution is 2.37. The smallest absolute Gasteiger partial charge is 0.193 e. The first-order valence-electron chi connectivity index (χ1n) is 7.51. The summed E-state index contributed by atoms with van der Waals surface area (Å²) in [5.41, 5.74) is 2.45. The van der Waals surface area contributed by atoms with Gasteiger partial charge in [-0.2, -0.15) is 0 Å². The molecule has 2 heterocycles. The molecule has 1 atom stereocenters. The van der Waals surface area contributed by atoms with E-state index in [9.17, 15) is 10.2 Å². The van der Waals surface area contributed by atoms with Gasteiger partial charge in [0, 0.05) is 16.5 Å². The minimum absolute atomic E-state index is 0.0268. The number of halogens is 1. The second-order valence-electron chi connectivity index (χ2n) is 5.45. The molecule has 2 aromatic rings. The van der Waals surface area contributed by atoms with Crippen molar-refractivity contribution in [2.24, 2.45) is 0 Å². The highest BCUT2D eigenvalue weighted by atomic mass is 35.5. The highest BCUT2D eigenvalue weighted by Gasteiger charge is 2.25. The third-order valence-corrected chi connectivity index (χ3v) is 5.23. The van der Waals surface area contributed by atoms with Crippen molar-refractivity contribution in [1.29, 1.82) is 0 Å². The van der Waals surface area contributed by atoms with Crippen LogP contribution in [0.4, 0.5) is 0 Å². The summed E-state index contributed by atoms with van der Waals surface area (Å²) in [5.74, 6) is 0. The Morgan fingerprint density at radius 3 is 2.70 bits per heavy atom. The number of rotatable bonds is 5. The van der Waals surface area contributed by atoms with Gasteiger partial charge in [0.2, 0.25) is 0 Å². The number of benzene rings is 1. The van der Waals surface area contributed by atoms with E-state index >= 15 is 0 Å². The van der Waals surface area contributed by atoms with E-state index in [1.807, 2.05) is 19.1 Å². The fourth-order valence-corrected chi connectivity index (χ4v) is 4.01. The highest BCUT2D eigenvalue weighted by molar-refractivity contribution is 7.12. The van der Waals surface area contributed by atoms with Crippen molar-refractivity contribution in [1.82, 2.24) is 0 Å². The van der Waals surface area contributed by atoms with Gasteiger partial charge in [0.1, 0.15) is 6.10 Å². The summed E-state index contributed by atoms with van der Waals surface area (Å²) in [6.07, 6.45) is -0.647. The lowest BCUT2D eigenvalue weighted by Gasteiger charge is -2.16. The molecule has 23 heavy (non-hydrogen) atoms. The molecule has 1 fully saturated rings. The van der Waals surface area contributed by atoms with Crippen LogP contribution in [0.5, 0.6) is 0 Å². The standard InChI is InChI=1S/C17H19ClO4S/c1-10-13(9-15(23-10)17-21-6-7-22-17)16(20)14-8-12(18)3-2-11(14)4-5-19/h2-3,8-9,16-17,19-20H,4-7H2,1H3/t16-/m0/s1. The third kappa shape index (κ3) is 3.60. The number of aliphatic hydroxyl groups excluding tert-OH is 2. The van der Waals surface area contributed by atoms with Crippen molar-refractivity contribution in [3.8, 4) is 0 Å². The Balaban J connectivity index is 1.93. The summed E-state index contributed by atoms with van der Waals surface area (Å²) in [6, 6.07) is 7.32. The zero-order valence-corrected chi connectivity index (χ0v) is 14.4. The minimum atomic E-state index is -0.790. The fourth-order valence-electron chi connectivity index (χ4n) is 2.77. The minimum Gasteiger partial charge on any atom is -0.396 e. The number of hydrogen-bond donors (Lipinski definition) is 2. The number of aliphatic hydroxyl groups is 2. The number of aryl methyl sites for hydroxylation is 1. The largest absolute Gasteiger partial charge is 0.396 e. The first-order valence-corrected chi connectivity index (χ1v) is 8.70. The summed E-state index contributed by atoms with van der Waals surface area (Å²) >= 11 is 7.65. The van der Waals surface area contributed by atoms with Crippen LogP contribution in [0.2, 0.25) is 5.02 Å². The molecular weight excluding hydrogens is 336 g/mol. The van der Waals surface area contributed by atoms with Crippen LogP contribution in [-0.4, -0.2) is 30.0 Å². The molecule has 0 amide bonds. The van der Waals surface area contributed by atoms with Crippen LogP contribution in [0.15, 0.2) is 24.3 Å².